The molecular weight excluding hydrogens is 342 g/mol. The number of hydrogen-bond acceptors (Lipinski definition) is 7. The molecule has 8 heteroatoms. The third-order valence-electron chi connectivity index (χ3n) is 4.28. The first-order chi connectivity index (χ1) is 12.5. The van der Waals surface area contributed by atoms with E-state index < -0.39 is 23.6 Å². The summed E-state index contributed by atoms with van der Waals surface area (Å²) >= 11 is 0. The van der Waals surface area contributed by atoms with Crippen LogP contribution in [0.2, 0.25) is 0 Å². The third-order valence-corrected chi connectivity index (χ3v) is 4.28. The van der Waals surface area contributed by atoms with Gasteiger partial charge in [0, 0.05) is 19.6 Å². The zero-order valence-corrected chi connectivity index (χ0v) is 14.9. The Morgan fingerprint density at radius 3 is 2.46 bits per heavy atom. The van der Waals surface area contributed by atoms with Gasteiger partial charge in [0.25, 0.3) is 0 Å². The van der Waals surface area contributed by atoms with Crippen molar-refractivity contribution in [3.63, 3.8) is 0 Å². The van der Waals surface area contributed by atoms with Crippen LogP contribution in [0.15, 0.2) is 30.3 Å². The molecule has 1 aromatic rings. The lowest BCUT2D eigenvalue weighted by atomic mass is 9.96. The number of methoxy groups -OCH3 is 2. The number of ether oxygens (including phenoxy) is 4. The average molecular weight is 365 g/mol. The van der Waals surface area contributed by atoms with E-state index in [1.165, 1.54) is 19.1 Å². The summed E-state index contributed by atoms with van der Waals surface area (Å²) in [5.74, 6) is -1.10. The normalized spacial score (nSPS) is 18.8. The molecule has 1 heterocycles. The van der Waals surface area contributed by atoms with Gasteiger partial charge < -0.3 is 18.9 Å². The first kappa shape index (κ1) is 19.7. The zero-order valence-electron chi connectivity index (χ0n) is 14.9. The monoisotopic (exact) mass is 365 g/mol. The van der Waals surface area contributed by atoms with Crippen LogP contribution in [0.4, 0.5) is 4.79 Å². The number of benzene rings is 1. The molecule has 0 saturated carbocycles. The third kappa shape index (κ3) is 4.51. The molecule has 1 unspecified atom stereocenters. The SMILES string of the molecule is COC(=O)CCN(C(=O)OCc1ccccc1)C1(C(=O)OC)CCOC1. The molecule has 8 nitrogen and oxygen atoms in total. The molecule has 1 aromatic carbocycles. The van der Waals surface area contributed by atoms with Gasteiger partial charge in [-0.2, -0.15) is 0 Å². The molecule has 0 radical (unpaired) electrons. The van der Waals surface area contributed by atoms with E-state index in [1.54, 1.807) is 0 Å². The van der Waals surface area contributed by atoms with E-state index in [0.717, 1.165) is 5.56 Å². The summed E-state index contributed by atoms with van der Waals surface area (Å²) in [6.45, 7) is 0.294. The van der Waals surface area contributed by atoms with Gasteiger partial charge in [0.1, 0.15) is 6.61 Å². The highest BCUT2D eigenvalue weighted by Crippen LogP contribution is 2.29. The van der Waals surface area contributed by atoms with Gasteiger partial charge in [-0.15, -0.1) is 0 Å². The average Bonchev–Trinajstić information content (AvgIpc) is 3.17. The largest absolute Gasteiger partial charge is 0.469 e. The second-order valence-electron chi connectivity index (χ2n) is 5.84. The Kier molecular flexibility index (Phi) is 6.97. The predicted octanol–water partition coefficient (Wildman–Crippen LogP) is 1.52. The van der Waals surface area contributed by atoms with Gasteiger partial charge in [-0.1, -0.05) is 30.3 Å². The fourth-order valence-corrected chi connectivity index (χ4v) is 2.81. The fourth-order valence-electron chi connectivity index (χ4n) is 2.81. The summed E-state index contributed by atoms with van der Waals surface area (Å²) in [5, 5.41) is 0. The van der Waals surface area contributed by atoms with E-state index in [9.17, 15) is 14.4 Å². The minimum absolute atomic E-state index is 0.0126. The molecular formula is C18H23NO7. The van der Waals surface area contributed by atoms with Crippen LogP contribution in [0.25, 0.3) is 0 Å². The maximum atomic E-state index is 12.7. The standard InChI is InChI=1S/C18H23NO7/c1-23-15(20)8-10-19(18(16(21)24-2)9-11-25-13-18)17(22)26-12-14-6-4-3-5-7-14/h3-7H,8-13H2,1-2H3. The van der Waals surface area contributed by atoms with E-state index >= 15 is 0 Å². The molecule has 1 amide bonds. The molecule has 26 heavy (non-hydrogen) atoms. The lowest BCUT2D eigenvalue weighted by Gasteiger charge is -2.36. The first-order valence-corrected chi connectivity index (χ1v) is 8.25. The molecule has 1 aliphatic rings. The number of nitrogens with zero attached hydrogens (tertiary/aromatic N) is 1. The molecule has 2 rings (SSSR count). The zero-order chi connectivity index (χ0) is 19.0. The number of carbonyl (C=O) groups is 3. The fraction of sp³-hybridized carbons (Fsp3) is 0.500. The second-order valence-corrected chi connectivity index (χ2v) is 5.84. The minimum atomic E-state index is -1.31. The van der Waals surface area contributed by atoms with Crippen molar-refractivity contribution in [1.82, 2.24) is 4.90 Å². The summed E-state index contributed by atoms with van der Waals surface area (Å²) in [5.41, 5.74) is -0.500. The topological polar surface area (TPSA) is 91.4 Å². The van der Waals surface area contributed by atoms with Crippen molar-refractivity contribution >= 4 is 18.0 Å². The molecule has 0 bridgehead atoms. The van der Waals surface area contributed by atoms with Crippen molar-refractivity contribution in [3.05, 3.63) is 35.9 Å². The van der Waals surface area contributed by atoms with Gasteiger partial charge in [0.2, 0.25) is 0 Å². The number of rotatable bonds is 7. The lowest BCUT2D eigenvalue weighted by molar-refractivity contribution is -0.155. The van der Waals surface area contributed by atoms with Gasteiger partial charge in [0.05, 0.1) is 27.2 Å². The summed E-state index contributed by atoms with van der Waals surface area (Å²) < 4.78 is 20.2. The summed E-state index contributed by atoms with van der Waals surface area (Å²) in [7, 11) is 2.51. The molecule has 142 valence electrons. The van der Waals surface area contributed by atoms with Crippen LogP contribution in [0.1, 0.15) is 18.4 Å². The molecule has 0 N–H and O–H groups in total. The Morgan fingerprint density at radius 2 is 1.88 bits per heavy atom. The predicted molar refractivity (Wildman–Crippen MR) is 90.1 cm³/mol. The van der Waals surface area contributed by atoms with Crippen molar-refractivity contribution in [3.8, 4) is 0 Å². The van der Waals surface area contributed by atoms with E-state index in [0.29, 0.717) is 6.61 Å². The van der Waals surface area contributed by atoms with Gasteiger partial charge >= 0.3 is 18.0 Å². The number of amides is 1. The van der Waals surface area contributed by atoms with Crippen molar-refractivity contribution in [2.24, 2.45) is 0 Å². The van der Waals surface area contributed by atoms with Crippen molar-refractivity contribution in [2.75, 3.05) is 34.0 Å². The highest BCUT2D eigenvalue weighted by atomic mass is 16.6. The van der Waals surface area contributed by atoms with Crippen LogP contribution in [0.5, 0.6) is 0 Å². The highest BCUT2D eigenvalue weighted by Gasteiger charge is 2.51. The molecule has 0 aliphatic carbocycles. The maximum absolute atomic E-state index is 12.7. The Bertz CT molecular complexity index is 626. The molecule has 1 atom stereocenters. The van der Waals surface area contributed by atoms with Crippen LogP contribution in [-0.4, -0.2) is 62.4 Å². The van der Waals surface area contributed by atoms with Gasteiger partial charge in [-0.05, 0) is 5.56 Å². The van der Waals surface area contributed by atoms with Crippen LogP contribution in [-0.2, 0) is 35.1 Å². The minimum Gasteiger partial charge on any atom is -0.469 e. The van der Waals surface area contributed by atoms with Crippen LogP contribution in [0.3, 0.4) is 0 Å². The molecule has 0 aromatic heterocycles. The number of carbonyl (C=O) groups excluding carboxylic acids is 3. The Hall–Kier alpha value is -2.61. The van der Waals surface area contributed by atoms with E-state index in [2.05, 4.69) is 4.74 Å². The Labute approximate surface area is 152 Å². The van der Waals surface area contributed by atoms with E-state index in [4.69, 9.17) is 14.2 Å². The van der Waals surface area contributed by atoms with Crippen molar-refractivity contribution in [1.29, 1.82) is 0 Å². The molecule has 1 saturated heterocycles. The lowest BCUT2D eigenvalue weighted by Crippen LogP contribution is -2.58. The van der Waals surface area contributed by atoms with Crippen molar-refractivity contribution in [2.45, 2.75) is 25.0 Å². The molecule has 1 fully saturated rings. The highest BCUT2D eigenvalue weighted by molar-refractivity contribution is 5.86. The van der Waals surface area contributed by atoms with Crippen LogP contribution >= 0.6 is 0 Å². The van der Waals surface area contributed by atoms with Gasteiger partial charge in [0.15, 0.2) is 5.54 Å². The quantitative estimate of drug-likeness (QED) is 0.534. The van der Waals surface area contributed by atoms with Gasteiger partial charge in [-0.25, -0.2) is 9.59 Å². The molecule has 1 aliphatic heterocycles. The Morgan fingerprint density at radius 1 is 1.15 bits per heavy atom. The van der Waals surface area contributed by atoms with Crippen LogP contribution in [0, 0.1) is 0 Å². The summed E-state index contributed by atoms with van der Waals surface area (Å²) in [6, 6.07) is 9.16. The Balaban J connectivity index is 2.17. The van der Waals surface area contributed by atoms with Gasteiger partial charge in [-0.3, -0.25) is 9.69 Å². The van der Waals surface area contributed by atoms with E-state index in [-0.39, 0.29) is 32.6 Å². The van der Waals surface area contributed by atoms with Crippen LogP contribution < -0.4 is 0 Å². The summed E-state index contributed by atoms with van der Waals surface area (Å²) in [6.07, 6.45) is -0.523. The smallest absolute Gasteiger partial charge is 0.411 e. The number of hydrogen-bond donors (Lipinski definition) is 0. The summed E-state index contributed by atoms with van der Waals surface area (Å²) in [4.78, 5) is 37.9. The van der Waals surface area contributed by atoms with Crippen molar-refractivity contribution < 1.29 is 33.3 Å². The number of esters is 2. The second kappa shape index (κ2) is 9.19. The maximum Gasteiger partial charge on any atom is 0.411 e. The first-order valence-electron chi connectivity index (χ1n) is 8.25. The van der Waals surface area contributed by atoms with E-state index in [1.807, 2.05) is 30.3 Å². The molecule has 0 spiro atoms.